The molecule has 0 saturated carbocycles. The van der Waals surface area contributed by atoms with E-state index in [4.69, 9.17) is 19.2 Å². The Morgan fingerprint density at radius 2 is 1.80 bits per heavy atom. The summed E-state index contributed by atoms with van der Waals surface area (Å²) in [4.78, 5) is 60.7. The molecular formula is C42H50F3N7O7. The molecule has 2 N–H and O–H groups in total. The Kier molecular flexibility index (Phi) is 14.0. The van der Waals surface area contributed by atoms with Gasteiger partial charge in [-0.1, -0.05) is 30.3 Å². The maximum Gasteiger partial charge on any atom is 0.407 e. The van der Waals surface area contributed by atoms with Crippen molar-refractivity contribution in [1.82, 2.24) is 34.9 Å². The Morgan fingerprint density at radius 1 is 1.02 bits per heavy atom. The zero-order chi connectivity index (χ0) is 41.3. The Morgan fingerprint density at radius 3 is 2.54 bits per heavy atom. The van der Waals surface area contributed by atoms with Crippen molar-refractivity contribution < 1.29 is 46.6 Å². The Labute approximate surface area is 340 Å². The summed E-state index contributed by atoms with van der Waals surface area (Å²) < 4.78 is 64.2. The van der Waals surface area contributed by atoms with Crippen LogP contribution >= 0.6 is 0 Å². The van der Waals surface area contributed by atoms with Crippen molar-refractivity contribution in [2.45, 2.75) is 50.5 Å². The van der Waals surface area contributed by atoms with Gasteiger partial charge in [-0.25, -0.2) is 27.7 Å². The number of hydrogen-bond donors (Lipinski definition) is 2. The molecule has 4 atom stereocenters. The SMILES string of the molecule is O=C(NCCOCCN1C(=O)C=CC1=O)OC1CCCN(C(=O)N(CC2CNCC2F)C(c2nc(-c3cc(F)ccc3F)cn2Cc2ccccc2)C2CCOCC2)C1. The molecule has 2 aromatic carbocycles. The summed E-state index contributed by atoms with van der Waals surface area (Å²) >= 11 is 0. The molecule has 0 bridgehead atoms. The van der Waals surface area contributed by atoms with Gasteiger partial charge in [0, 0.05) is 82.3 Å². The first kappa shape index (κ1) is 41.9. The summed E-state index contributed by atoms with van der Waals surface area (Å²) in [6.07, 6.45) is 3.81. The molecule has 0 spiro atoms. The number of piperidine rings is 1. The van der Waals surface area contributed by atoms with Gasteiger partial charge in [0.1, 0.15) is 29.7 Å². The summed E-state index contributed by atoms with van der Waals surface area (Å²) in [5.74, 6) is -2.27. The van der Waals surface area contributed by atoms with E-state index in [9.17, 15) is 18.8 Å². The first-order valence-electron chi connectivity index (χ1n) is 20.2. The minimum atomic E-state index is -1.20. The minimum absolute atomic E-state index is 0.0149. The highest BCUT2D eigenvalue weighted by Gasteiger charge is 2.42. The maximum absolute atomic E-state index is 15.5. The number of hydrogen-bond acceptors (Lipinski definition) is 9. The van der Waals surface area contributed by atoms with E-state index in [2.05, 4.69) is 10.6 Å². The normalized spacial score (nSPS) is 21.6. The number of rotatable bonds is 15. The lowest BCUT2D eigenvalue weighted by molar-refractivity contribution is -0.137. The van der Waals surface area contributed by atoms with E-state index >= 15 is 13.6 Å². The van der Waals surface area contributed by atoms with Crippen LogP contribution in [0.25, 0.3) is 11.3 Å². The first-order valence-corrected chi connectivity index (χ1v) is 20.2. The van der Waals surface area contributed by atoms with Gasteiger partial charge >= 0.3 is 12.1 Å². The predicted molar refractivity (Wildman–Crippen MR) is 209 cm³/mol. The fourth-order valence-corrected chi connectivity index (χ4v) is 8.19. The topological polar surface area (TPSA) is 148 Å². The van der Waals surface area contributed by atoms with Gasteiger partial charge in [0.25, 0.3) is 11.8 Å². The molecule has 4 unspecified atom stereocenters. The number of carbonyl (C=O) groups is 4. The van der Waals surface area contributed by atoms with Crippen molar-refractivity contribution in [1.29, 1.82) is 0 Å². The van der Waals surface area contributed by atoms with Gasteiger partial charge < -0.3 is 39.2 Å². The average molecular weight is 822 g/mol. The second-order valence-electron chi connectivity index (χ2n) is 15.3. The van der Waals surface area contributed by atoms with Crippen molar-refractivity contribution in [2.24, 2.45) is 11.8 Å². The molecule has 14 nitrogen and oxygen atoms in total. The third kappa shape index (κ3) is 10.5. The number of amides is 5. The largest absolute Gasteiger partial charge is 0.444 e. The fraction of sp³-hybridized carbons (Fsp3) is 0.500. The van der Waals surface area contributed by atoms with Gasteiger partial charge in [-0.15, -0.1) is 0 Å². The zero-order valence-electron chi connectivity index (χ0n) is 32.8. The van der Waals surface area contributed by atoms with E-state index in [1.54, 1.807) is 16.0 Å². The molecule has 5 heterocycles. The van der Waals surface area contributed by atoms with Gasteiger partial charge in [-0.2, -0.15) is 0 Å². The molecule has 17 heteroatoms. The summed E-state index contributed by atoms with van der Waals surface area (Å²) in [6, 6.07) is 11.8. The van der Waals surface area contributed by atoms with Crippen LogP contribution in [0.2, 0.25) is 0 Å². The number of imidazole rings is 1. The standard InChI is InChI=1S/C42H50F3N7O7/c43-31-8-9-34(44)33(21-31)36-27-50(24-28-5-2-1-3-6-28)40(48-36)39(29-12-17-57-18-13-29)52(25-30-22-46-23-35(30)45)42(56)49-15-4-7-32(26-49)59-41(55)47-14-19-58-20-16-51-37(53)10-11-38(51)54/h1-3,5-6,8-11,21,27,29-30,32,35,39,46H,4,7,12-20,22-26H2,(H,47,55). The lowest BCUT2D eigenvalue weighted by Gasteiger charge is -2.43. The molecule has 316 valence electrons. The number of urea groups is 1. The number of alkyl carbamates (subject to hydrolysis) is 1. The van der Waals surface area contributed by atoms with Crippen LogP contribution < -0.4 is 10.6 Å². The number of imide groups is 1. The third-order valence-electron chi connectivity index (χ3n) is 11.3. The van der Waals surface area contributed by atoms with E-state index in [-0.39, 0.29) is 69.1 Å². The molecule has 59 heavy (non-hydrogen) atoms. The van der Waals surface area contributed by atoms with E-state index in [1.165, 1.54) is 12.2 Å². The second-order valence-corrected chi connectivity index (χ2v) is 15.3. The van der Waals surface area contributed by atoms with Gasteiger partial charge in [0.05, 0.1) is 38.0 Å². The molecule has 4 aliphatic heterocycles. The van der Waals surface area contributed by atoms with Crippen LogP contribution in [0.15, 0.2) is 66.9 Å². The highest BCUT2D eigenvalue weighted by atomic mass is 19.1. The molecule has 5 amide bonds. The van der Waals surface area contributed by atoms with Gasteiger partial charge in [0.15, 0.2) is 0 Å². The molecule has 0 aliphatic carbocycles. The first-order chi connectivity index (χ1) is 28.6. The lowest BCUT2D eigenvalue weighted by Crippen LogP contribution is -2.54. The van der Waals surface area contributed by atoms with E-state index < -0.39 is 53.8 Å². The van der Waals surface area contributed by atoms with Crippen LogP contribution in [0.4, 0.5) is 22.8 Å². The Hall–Kier alpha value is -5.26. The molecule has 3 aromatic rings. The van der Waals surface area contributed by atoms with Gasteiger partial charge in [-0.3, -0.25) is 14.5 Å². The smallest absolute Gasteiger partial charge is 0.407 e. The number of carbonyl (C=O) groups excluding carboxylic acids is 4. The van der Waals surface area contributed by atoms with Crippen LogP contribution in [0.5, 0.6) is 0 Å². The van der Waals surface area contributed by atoms with Crippen LogP contribution in [0.3, 0.4) is 0 Å². The van der Waals surface area contributed by atoms with Crippen LogP contribution in [0, 0.1) is 23.5 Å². The van der Waals surface area contributed by atoms with Crippen LogP contribution in [-0.2, 0) is 30.3 Å². The predicted octanol–water partition coefficient (Wildman–Crippen LogP) is 4.46. The highest BCUT2D eigenvalue weighted by Crippen LogP contribution is 2.39. The van der Waals surface area contributed by atoms with Gasteiger partial charge in [-0.05, 0) is 55.4 Å². The number of nitrogens with zero attached hydrogens (tertiary/aromatic N) is 5. The van der Waals surface area contributed by atoms with Crippen molar-refractivity contribution in [3.05, 3.63) is 89.9 Å². The van der Waals surface area contributed by atoms with Crippen LogP contribution in [-0.4, -0.2) is 133 Å². The fourth-order valence-electron chi connectivity index (χ4n) is 8.19. The molecule has 4 aliphatic rings. The van der Waals surface area contributed by atoms with Crippen molar-refractivity contribution in [3.63, 3.8) is 0 Å². The average Bonchev–Trinajstić information content (AvgIpc) is 3.94. The number of ether oxygens (including phenoxy) is 3. The Balaban J connectivity index is 1.11. The minimum Gasteiger partial charge on any atom is -0.444 e. The lowest BCUT2D eigenvalue weighted by atomic mass is 9.89. The van der Waals surface area contributed by atoms with E-state index in [1.807, 2.05) is 34.9 Å². The third-order valence-corrected chi connectivity index (χ3v) is 11.3. The summed E-state index contributed by atoms with van der Waals surface area (Å²) in [5, 5.41) is 5.76. The molecule has 0 radical (unpaired) electrons. The maximum atomic E-state index is 15.5. The van der Waals surface area contributed by atoms with Crippen molar-refractivity contribution in [2.75, 3.05) is 72.2 Å². The van der Waals surface area contributed by atoms with Crippen molar-refractivity contribution in [3.8, 4) is 11.3 Å². The van der Waals surface area contributed by atoms with Gasteiger partial charge in [0.2, 0.25) is 0 Å². The monoisotopic (exact) mass is 821 g/mol. The second kappa shape index (κ2) is 19.7. The number of nitrogens with one attached hydrogen (secondary N) is 2. The Bertz CT molecular complexity index is 1960. The number of benzene rings is 2. The van der Waals surface area contributed by atoms with Crippen molar-refractivity contribution >= 4 is 23.9 Å². The summed E-state index contributed by atoms with van der Waals surface area (Å²) in [5.41, 5.74) is 1.12. The molecule has 3 saturated heterocycles. The van der Waals surface area contributed by atoms with Crippen LogP contribution in [0.1, 0.15) is 43.1 Å². The number of likely N-dealkylation sites (tertiary alicyclic amines) is 1. The molecular weight excluding hydrogens is 771 g/mol. The number of alkyl halides is 1. The quantitative estimate of drug-likeness (QED) is 0.168. The number of aromatic nitrogens is 2. The molecule has 1 aromatic heterocycles. The van der Waals surface area contributed by atoms with E-state index in [0.717, 1.165) is 28.7 Å². The highest BCUT2D eigenvalue weighted by molar-refractivity contribution is 6.12. The zero-order valence-corrected chi connectivity index (χ0v) is 32.8. The molecule has 7 rings (SSSR count). The van der Waals surface area contributed by atoms with E-state index in [0.29, 0.717) is 64.4 Å². The summed E-state index contributed by atoms with van der Waals surface area (Å²) in [7, 11) is 0. The summed E-state index contributed by atoms with van der Waals surface area (Å²) in [6.45, 7) is 2.73. The number of halogens is 3. The molecule has 3 fully saturated rings.